The van der Waals surface area contributed by atoms with Gasteiger partial charge in [0.2, 0.25) is 0 Å². The summed E-state index contributed by atoms with van der Waals surface area (Å²) < 4.78 is 12.6. The summed E-state index contributed by atoms with van der Waals surface area (Å²) in [7, 11) is -1.30. The molecule has 5 atom stereocenters. The van der Waals surface area contributed by atoms with Gasteiger partial charge in [0.25, 0.3) is 0 Å². The highest BCUT2D eigenvalue weighted by Crippen LogP contribution is 2.40. The summed E-state index contributed by atoms with van der Waals surface area (Å²) in [5.74, 6) is 0.0796. The normalized spacial score (nSPS) is 21.9. The largest absolute Gasteiger partial charge is 0.459 e. The van der Waals surface area contributed by atoms with Gasteiger partial charge in [-0.15, -0.1) is 0 Å². The number of carbonyl (C=O) groups excluding carboxylic acids is 2. The van der Waals surface area contributed by atoms with Crippen molar-refractivity contribution in [3.05, 3.63) is 35.9 Å². The van der Waals surface area contributed by atoms with Gasteiger partial charge in [-0.1, -0.05) is 64.4 Å². The lowest BCUT2D eigenvalue weighted by atomic mass is 9.80. The number of hydrogen-bond donors (Lipinski definition) is 0. The molecule has 0 radical (unpaired) electrons. The summed E-state index contributed by atoms with van der Waals surface area (Å²) in [6, 6.07) is 9.90. The molecule has 0 spiro atoms. The standard InChI is InChI=1S/C30H51NO4Si/c1-11-15-24(21(2)32)25(18-22-16-13-12-14-17-22)31-20-23(27(29(3,4)5)35-36(9)10)19-26(31)28(33)34-30(6,7)8/h12-14,16-17,23-27,36H,11,15,18-20H2,1-10H3/t23?,24-,25?,26?,27?/m0/s1. The maximum atomic E-state index is 13.6. The van der Waals surface area contributed by atoms with Crippen molar-refractivity contribution in [1.82, 2.24) is 4.90 Å². The Hall–Kier alpha value is -1.50. The van der Waals surface area contributed by atoms with Crippen LogP contribution in [0.2, 0.25) is 13.1 Å². The minimum Gasteiger partial charge on any atom is -0.459 e. The van der Waals surface area contributed by atoms with E-state index in [9.17, 15) is 9.59 Å². The van der Waals surface area contributed by atoms with Crippen LogP contribution in [0.4, 0.5) is 0 Å². The fourth-order valence-electron chi connectivity index (χ4n) is 5.72. The third-order valence-corrected chi connectivity index (χ3v) is 7.89. The number of ketones is 1. The molecule has 1 aliphatic heterocycles. The lowest BCUT2D eigenvalue weighted by Crippen LogP contribution is -2.51. The molecule has 4 unspecified atom stereocenters. The minimum absolute atomic E-state index is 0.0469. The molecular formula is C30H51NO4Si. The molecule has 0 N–H and O–H groups in total. The first-order valence-corrected chi connectivity index (χ1v) is 16.6. The average molecular weight is 518 g/mol. The molecule has 204 valence electrons. The van der Waals surface area contributed by atoms with Crippen LogP contribution in [0.3, 0.4) is 0 Å². The lowest BCUT2D eigenvalue weighted by molar-refractivity contribution is -0.162. The van der Waals surface area contributed by atoms with Crippen LogP contribution in [0, 0.1) is 17.3 Å². The van der Waals surface area contributed by atoms with Gasteiger partial charge in [0.1, 0.15) is 17.4 Å². The molecular weight excluding hydrogens is 466 g/mol. The second-order valence-corrected chi connectivity index (χ2v) is 15.3. The molecule has 0 bridgehead atoms. The highest BCUT2D eigenvalue weighted by atomic mass is 28.3. The van der Waals surface area contributed by atoms with Gasteiger partial charge in [0.15, 0.2) is 9.04 Å². The Balaban J connectivity index is 2.54. The first kappa shape index (κ1) is 30.7. The third kappa shape index (κ3) is 8.81. The number of ether oxygens (including phenoxy) is 1. The molecule has 5 nitrogen and oxygen atoms in total. The van der Waals surface area contributed by atoms with E-state index < -0.39 is 14.6 Å². The molecule has 0 saturated carbocycles. The van der Waals surface area contributed by atoms with Crippen molar-refractivity contribution in [2.24, 2.45) is 17.3 Å². The molecule has 1 heterocycles. The number of esters is 1. The number of Topliss-reactive ketones (excluding diaryl/α,β-unsaturated/α-hetero) is 1. The minimum atomic E-state index is -1.30. The molecule has 0 aliphatic carbocycles. The molecule has 36 heavy (non-hydrogen) atoms. The van der Waals surface area contributed by atoms with Gasteiger partial charge in [0, 0.05) is 18.5 Å². The van der Waals surface area contributed by atoms with Gasteiger partial charge in [-0.2, -0.15) is 0 Å². The zero-order valence-corrected chi connectivity index (χ0v) is 25.6. The van der Waals surface area contributed by atoms with Gasteiger partial charge in [0.05, 0.1) is 6.10 Å². The second kappa shape index (κ2) is 12.8. The van der Waals surface area contributed by atoms with E-state index in [0.29, 0.717) is 6.42 Å². The van der Waals surface area contributed by atoms with Gasteiger partial charge >= 0.3 is 5.97 Å². The van der Waals surface area contributed by atoms with Crippen molar-refractivity contribution < 1.29 is 18.8 Å². The van der Waals surface area contributed by atoms with E-state index in [0.717, 1.165) is 25.8 Å². The molecule has 0 amide bonds. The first-order valence-electron chi connectivity index (χ1n) is 13.8. The Bertz CT molecular complexity index is 843. The van der Waals surface area contributed by atoms with Crippen molar-refractivity contribution in [2.45, 2.75) is 118 Å². The fraction of sp³-hybridized carbons (Fsp3) is 0.733. The monoisotopic (exact) mass is 517 g/mol. The highest BCUT2D eigenvalue weighted by molar-refractivity contribution is 6.48. The maximum absolute atomic E-state index is 13.6. The molecule has 1 saturated heterocycles. The first-order chi connectivity index (χ1) is 16.6. The molecule has 6 heteroatoms. The van der Waals surface area contributed by atoms with E-state index in [2.05, 4.69) is 57.8 Å². The van der Waals surface area contributed by atoms with E-state index in [1.807, 2.05) is 39.0 Å². The Morgan fingerprint density at radius 1 is 1.08 bits per heavy atom. The van der Waals surface area contributed by atoms with Crippen molar-refractivity contribution in [1.29, 1.82) is 0 Å². The van der Waals surface area contributed by atoms with Gasteiger partial charge in [-0.05, 0) is 76.9 Å². The van der Waals surface area contributed by atoms with E-state index >= 15 is 0 Å². The SMILES string of the molecule is CCC[C@@H](C(C)=O)C(Cc1ccccc1)N1CC(C(O[SiH](C)C)C(C)(C)C)CC1C(=O)OC(C)(C)C. The van der Waals surface area contributed by atoms with Gasteiger partial charge in [-0.25, -0.2) is 0 Å². The topological polar surface area (TPSA) is 55.8 Å². The number of carbonyl (C=O) groups is 2. The fourth-order valence-corrected chi connectivity index (χ4v) is 6.94. The Morgan fingerprint density at radius 3 is 2.17 bits per heavy atom. The van der Waals surface area contributed by atoms with Crippen LogP contribution in [-0.2, 0) is 25.2 Å². The predicted octanol–water partition coefficient (Wildman–Crippen LogP) is 6.05. The molecule has 1 aliphatic rings. The van der Waals surface area contributed by atoms with E-state index in [-0.39, 0.29) is 47.2 Å². The predicted molar refractivity (Wildman–Crippen MR) is 151 cm³/mol. The van der Waals surface area contributed by atoms with Crippen LogP contribution in [0.1, 0.15) is 80.2 Å². The van der Waals surface area contributed by atoms with Gasteiger partial charge < -0.3 is 9.16 Å². The summed E-state index contributed by atoms with van der Waals surface area (Å²) >= 11 is 0. The average Bonchev–Trinajstić information content (AvgIpc) is 3.18. The quantitative estimate of drug-likeness (QED) is 0.264. The van der Waals surface area contributed by atoms with E-state index in [1.54, 1.807) is 6.92 Å². The zero-order valence-electron chi connectivity index (χ0n) is 24.5. The number of rotatable bonds is 11. The van der Waals surface area contributed by atoms with Crippen molar-refractivity contribution in [2.75, 3.05) is 6.54 Å². The van der Waals surface area contributed by atoms with E-state index in [1.165, 1.54) is 5.56 Å². The Labute approximate surface area is 222 Å². The number of nitrogens with zero attached hydrogens (tertiary/aromatic N) is 1. The third-order valence-electron chi connectivity index (χ3n) is 7.05. The smallest absolute Gasteiger partial charge is 0.323 e. The number of hydrogen-bond acceptors (Lipinski definition) is 5. The molecule has 2 rings (SSSR count). The van der Waals surface area contributed by atoms with E-state index in [4.69, 9.17) is 9.16 Å². The molecule has 1 aromatic rings. The van der Waals surface area contributed by atoms with Crippen LogP contribution < -0.4 is 0 Å². The second-order valence-electron chi connectivity index (χ2n) is 13.0. The van der Waals surface area contributed by atoms with Crippen LogP contribution in [0.25, 0.3) is 0 Å². The van der Waals surface area contributed by atoms with Crippen molar-refractivity contribution in [3.63, 3.8) is 0 Å². The number of benzene rings is 1. The molecule has 1 fully saturated rings. The summed E-state index contributed by atoms with van der Waals surface area (Å²) in [6.45, 7) is 21.5. The summed E-state index contributed by atoms with van der Waals surface area (Å²) in [5, 5.41) is 0. The summed E-state index contributed by atoms with van der Waals surface area (Å²) in [4.78, 5) is 28.9. The van der Waals surface area contributed by atoms with Crippen LogP contribution in [-0.4, -0.2) is 56.0 Å². The van der Waals surface area contributed by atoms with Crippen molar-refractivity contribution in [3.8, 4) is 0 Å². The van der Waals surface area contributed by atoms with Crippen molar-refractivity contribution >= 4 is 20.8 Å². The Kier molecular flexibility index (Phi) is 11.0. The molecule has 1 aromatic carbocycles. The summed E-state index contributed by atoms with van der Waals surface area (Å²) in [5.41, 5.74) is 0.577. The Morgan fingerprint density at radius 2 is 1.69 bits per heavy atom. The van der Waals surface area contributed by atoms with Crippen LogP contribution in [0.15, 0.2) is 30.3 Å². The molecule has 0 aromatic heterocycles. The highest BCUT2D eigenvalue weighted by Gasteiger charge is 2.49. The maximum Gasteiger partial charge on any atom is 0.323 e. The summed E-state index contributed by atoms with van der Waals surface area (Å²) in [6.07, 6.45) is 3.22. The van der Waals surface area contributed by atoms with Crippen LogP contribution >= 0.6 is 0 Å². The lowest BCUT2D eigenvalue weighted by Gasteiger charge is -2.39. The van der Waals surface area contributed by atoms with Gasteiger partial charge in [-0.3, -0.25) is 14.5 Å². The zero-order chi connectivity index (χ0) is 27.3. The van der Waals surface area contributed by atoms with Crippen LogP contribution in [0.5, 0.6) is 0 Å². The number of likely N-dealkylation sites (tertiary alicyclic amines) is 1.